The largest absolute Gasteiger partial charge is 0.396 e. The monoisotopic (exact) mass is 421 g/mol. The molecule has 1 unspecified atom stereocenters. The molecular weight excluding hydrogens is 394 g/mol. The molecular formula is C20H28BrN3O2. The van der Waals surface area contributed by atoms with Crippen LogP contribution in [0.25, 0.3) is 0 Å². The van der Waals surface area contributed by atoms with Crippen LogP contribution < -0.4 is 4.90 Å². The minimum atomic E-state index is -0.308. The highest BCUT2D eigenvalue weighted by Gasteiger charge is 2.38. The molecule has 0 bridgehead atoms. The number of aliphatic hydroxyl groups is 1. The molecule has 6 heteroatoms. The van der Waals surface area contributed by atoms with E-state index in [0.29, 0.717) is 17.9 Å². The molecule has 0 spiro atoms. The molecule has 1 saturated heterocycles. The number of benzene rings is 1. The molecule has 1 aliphatic rings. The zero-order valence-corrected chi connectivity index (χ0v) is 17.4. The van der Waals surface area contributed by atoms with Gasteiger partial charge in [-0.1, -0.05) is 47.1 Å². The summed E-state index contributed by atoms with van der Waals surface area (Å²) in [6.07, 6.45) is 3.01. The Hall–Kier alpha value is -1.40. The molecule has 0 saturated carbocycles. The van der Waals surface area contributed by atoms with E-state index < -0.39 is 0 Å². The van der Waals surface area contributed by atoms with E-state index in [2.05, 4.69) is 71.0 Å². The van der Waals surface area contributed by atoms with Crippen LogP contribution in [0.15, 0.2) is 33.3 Å². The van der Waals surface area contributed by atoms with Crippen molar-refractivity contribution in [2.24, 2.45) is 11.8 Å². The van der Waals surface area contributed by atoms with Crippen LogP contribution in [0.5, 0.6) is 0 Å². The maximum atomic E-state index is 9.11. The highest BCUT2D eigenvalue weighted by atomic mass is 79.9. The fourth-order valence-electron chi connectivity index (χ4n) is 3.67. The van der Waals surface area contributed by atoms with Gasteiger partial charge in [-0.3, -0.25) is 0 Å². The lowest BCUT2D eigenvalue weighted by atomic mass is 9.73. The fourth-order valence-corrected chi connectivity index (χ4v) is 3.93. The molecule has 0 radical (unpaired) electrons. The summed E-state index contributed by atoms with van der Waals surface area (Å²) in [4.78, 5) is 6.96. The molecule has 1 N–H and O–H groups in total. The first kappa shape index (κ1) is 19.4. The Morgan fingerprint density at radius 1 is 1.27 bits per heavy atom. The third-order valence-electron chi connectivity index (χ3n) is 5.90. The molecule has 142 valence electrons. The van der Waals surface area contributed by atoms with Crippen molar-refractivity contribution < 1.29 is 9.63 Å². The number of hydrogen-bond donors (Lipinski definition) is 1. The Kier molecular flexibility index (Phi) is 6.03. The number of halogens is 1. The molecule has 0 aliphatic carbocycles. The van der Waals surface area contributed by atoms with Gasteiger partial charge in [0.05, 0.1) is 5.41 Å². The van der Waals surface area contributed by atoms with Gasteiger partial charge in [0.1, 0.15) is 0 Å². The SMILES string of the molecule is CC(C)C(C)(c1ccc(Br)cc1)c1noc(N2CCC(CCO)CC2)n1. The topological polar surface area (TPSA) is 62.4 Å². The van der Waals surface area contributed by atoms with Crippen molar-refractivity contribution in [3.8, 4) is 0 Å². The zero-order valence-electron chi connectivity index (χ0n) is 15.8. The molecule has 1 atom stereocenters. The second-order valence-electron chi connectivity index (χ2n) is 7.71. The van der Waals surface area contributed by atoms with Crippen LogP contribution >= 0.6 is 15.9 Å². The Morgan fingerprint density at radius 3 is 2.50 bits per heavy atom. The molecule has 1 aromatic carbocycles. The van der Waals surface area contributed by atoms with Gasteiger partial charge in [-0.15, -0.1) is 0 Å². The Bertz CT molecular complexity index is 708. The number of piperidine rings is 1. The van der Waals surface area contributed by atoms with E-state index in [1.54, 1.807) is 0 Å². The molecule has 0 amide bonds. The first-order valence-electron chi connectivity index (χ1n) is 9.41. The quantitative estimate of drug-likeness (QED) is 0.748. The van der Waals surface area contributed by atoms with E-state index in [0.717, 1.165) is 42.6 Å². The molecule has 3 rings (SSSR count). The van der Waals surface area contributed by atoms with Gasteiger partial charge in [0, 0.05) is 24.2 Å². The third kappa shape index (κ3) is 3.81. The van der Waals surface area contributed by atoms with Crippen molar-refractivity contribution in [1.82, 2.24) is 10.1 Å². The summed E-state index contributed by atoms with van der Waals surface area (Å²) in [7, 11) is 0. The molecule has 1 fully saturated rings. The highest BCUT2D eigenvalue weighted by Crippen LogP contribution is 2.38. The van der Waals surface area contributed by atoms with E-state index in [4.69, 9.17) is 14.6 Å². The van der Waals surface area contributed by atoms with E-state index in [1.165, 1.54) is 5.56 Å². The second kappa shape index (κ2) is 8.09. The molecule has 1 aromatic heterocycles. The van der Waals surface area contributed by atoms with Crippen LogP contribution in [0.2, 0.25) is 0 Å². The summed E-state index contributed by atoms with van der Waals surface area (Å²) in [6, 6.07) is 8.98. The normalized spacial score (nSPS) is 18.3. The predicted molar refractivity (Wildman–Crippen MR) is 106 cm³/mol. The number of aromatic nitrogens is 2. The van der Waals surface area contributed by atoms with Gasteiger partial charge in [-0.2, -0.15) is 4.98 Å². The van der Waals surface area contributed by atoms with Crippen molar-refractivity contribution in [3.63, 3.8) is 0 Å². The summed E-state index contributed by atoms with van der Waals surface area (Å²) in [5, 5.41) is 13.5. The standard InChI is InChI=1S/C20H28BrN3O2/c1-14(2)20(3,16-4-6-17(21)7-5-16)18-22-19(26-23-18)24-11-8-15(9-12-24)10-13-25/h4-7,14-15,25H,8-13H2,1-3H3. The minimum Gasteiger partial charge on any atom is -0.396 e. The summed E-state index contributed by atoms with van der Waals surface area (Å²) in [6.45, 7) is 8.65. The van der Waals surface area contributed by atoms with Crippen molar-refractivity contribution in [3.05, 3.63) is 40.1 Å². The summed E-state index contributed by atoms with van der Waals surface area (Å²) < 4.78 is 6.71. The number of rotatable bonds is 6. The van der Waals surface area contributed by atoms with E-state index in [1.807, 2.05) is 0 Å². The van der Waals surface area contributed by atoms with Gasteiger partial charge in [-0.25, -0.2) is 0 Å². The fraction of sp³-hybridized carbons (Fsp3) is 0.600. The van der Waals surface area contributed by atoms with E-state index in [9.17, 15) is 0 Å². The van der Waals surface area contributed by atoms with Crippen LogP contribution in [-0.4, -0.2) is 34.9 Å². The summed E-state index contributed by atoms with van der Waals surface area (Å²) >= 11 is 3.51. The van der Waals surface area contributed by atoms with Gasteiger partial charge in [-0.05, 0) is 55.7 Å². The van der Waals surface area contributed by atoms with Crippen molar-refractivity contribution >= 4 is 21.9 Å². The second-order valence-corrected chi connectivity index (χ2v) is 8.62. The van der Waals surface area contributed by atoms with Crippen LogP contribution in [0, 0.1) is 11.8 Å². The van der Waals surface area contributed by atoms with Gasteiger partial charge in [0.15, 0.2) is 5.82 Å². The lowest BCUT2D eigenvalue weighted by molar-refractivity contribution is 0.238. The summed E-state index contributed by atoms with van der Waals surface area (Å²) in [5.74, 6) is 1.66. The summed E-state index contributed by atoms with van der Waals surface area (Å²) in [5.41, 5.74) is 0.877. The number of nitrogens with zero attached hydrogens (tertiary/aromatic N) is 3. The van der Waals surface area contributed by atoms with Gasteiger partial charge in [0.2, 0.25) is 0 Å². The van der Waals surface area contributed by atoms with Gasteiger partial charge in [0.25, 0.3) is 0 Å². The van der Waals surface area contributed by atoms with Crippen molar-refractivity contribution in [1.29, 1.82) is 0 Å². The van der Waals surface area contributed by atoms with Crippen LogP contribution in [0.3, 0.4) is 0 Å². The highest BCUT2D eigenvalue weighted by molar-refractivity contribution is 9.10. The van der Waals surface area contributed by atoms with Crippen LogP contribution in [-0.2, 0) is 5.41 Å². The third-order valence-corrected chi connectivity index (χ3v) is 6.43. The average Bonchev–Trinajstić information content (AvgIpc) is 3.13. The zero-order chi connectivity index (χ0) is 18.7. The van der Waals surface area contributed by atoms with E-state index in [-0.39, 0.29) is 12.0 Å². The molecule has 5 nitrogen and oxygen atoms in total. The molecule has 1 aliphatic heterocycles. The predicted octanol–water partition coefficient (Wildman–Crippen LogP) is 4.39. The number of aliphatic hydroxyl groups excluding tert-OH is 1. The van der Waals surface area contributed by atoms with E-state index >= 15 is 0 Å². The Labute approximate surface area is 163 Å². The number of hydrogen-bond acceptors (Lipinski definition) is 5. The van der Waals surface area contributed by atoms with Gasteiger partial charge < -0.3 is 14.5 Å². The van der Waals surface area contributed by atoms with Gasteiger partial charge >= 0.3 is 6.01 Å². The molecule has 26 heavy (non-hydrogen) atoms. The maximum Gasteiger partial charge on any atom is 0.324 e. The lowest BCUT2D eigenvalue weighted by Gasteiger charge is -2.31. The smallest absolute Gasteiger partial charge is 0.324 e. The first-order chi connectivity index (χ1) is 12.4. The lowest BCUT2D eigenvalue weighted by Crippen LogP contribution is -2.35. The van der Waals surface area contributed by atoms with Crippen LogP contribution in [0.4, 0.5) is 6.01 Å². The average molecular weight is 422 g/mol. The molecule has 2 heterocycles. The van der Waals surface area contributed by atoms with Crippen molar-refractivity contribution in [2.45, 2.75) is 45.4 Å². The Morgan fingerprint density at radius 2 is 1.92 bits per heavy atom. The first-order valence-corrected chi connectivity index (χ1v) is 10.2. The Balaban J connectivity index is 1.81. The minimum absolute atomic E-state index is 0.273. The van der Waals surface area contributed by atoms with Crippen LogP contribution in [0.1, 0.15) is 51.4 Å². The maximum absolute atomic E-state index is 9.11. The van der Waals surface area contributed by atoms with Crippen molar-refractivity contribution in [2.75, 3.05) is 24.6 Å². The number of anilines is 1. The molecule has 2 aromatic rings.